The normalized spacial score (nSPS) is 41.7. The maximum atomic E-state index is 12.5. The lowest BCUT2D eigenvalue weighted by atomic mass is 9.85. The van der Waals surface area contributed by atoms with Gasteiger partial charge in [-0.2, -0.15) is 13.2 Å². The van der Waals surface area contributed by atoms with Crippen molar-refractivity contribution in [2.75, 3.05) is 0 Å². The van der Waals surface area contributed by atoms with Crippen molar-refractivity contribution >= 4 is 5.91 Å². The van der Waals surface area contributed by atoms with Crippen LogP contribution in [-0.4, -0.2) is 18.1 Å². The standard InChI is InChI=1S/C14H20F3NO/c15-14(16,17)11-1-3-12(4-2-11)18-13(19)10-6-8-5-9(8)7-10/h8-12H,1-7H2,(H,18,19). The molecule has 0 saturated heterocycles. The quantitative estimate of drug-likeness (QED) is 0.823. The van der Waals surface area contributed by atoms with Crippen LogP contribution >= 0.6 is 0 Å². The molecular formula is C14H20F3NO. The zero-order chi connectivity index (χ0) is 13.6. The van der Waals surface area contributed by atoms with E-state index in [2.05, 4.69) is 5.32 Å². The van der Waals surface area contributed by atoms with Gasteiger partial charge in [-0.25, -0.2) is 0 Å². The number of amides is 1. The van der Waals surface area contributed by atoms with Gasteiger partial charge in [0.15, 0.2) is 0 Å². The second kappa shape index (κ2) is 4.67. The first kappa shape index (κ1) is 13.3. The molecule has 0 radical (unpaired) electrons. The van der Waals surface area contributed by atoms with Crippen LogP contribution in [0.4, 0.5) is 13.2 Å². The molecule has 2 atom stereocenters. The fourth-order valence-corrected chi connectivity index (χ4v) is 3.81. The van der Waals surface area contributed by atoms with Gasteiger partial charge in [0.25, 0.3) is 0 Å². The van der Waals surface area contributed by atoms with Gasteiger partial charge in [-0.3, -0.25) is 4.79 Å². The van der Waals surface area contributed by atoms with Gasteiger partial charge in [0.05, 0.1) is 5.92 Å². The average Bonchev–Trinajstić information content (AvgIpc) is 2.95. The van der Waals surface area contributed by atoms with Crippen molar-refractivity contribution < 1.29 is 18.0 Å². The lowest BCUT2D eigenvalue weighted by Gasteiger charge is -2.31. The first-order valence-corrected chi connectivity index (χ1v) is 7.30. The molecule has 1 amide bonds. The number of hydrogen-bond donors (Lipinski definition) is 1. The molecule has 3 fully saturated rings. The van der Waals surface area contributed by atoms with Gasteiger partial charge in [0.1, 0.15) is 0 Å². The lowest BCUT2D eigenvalue weighted by molar-refractivity contribution is -0.182. The van der Waals surface area contributed by atoms with Crippen LogP contribution < -0.4 is 5.32 Å². The van der Waals surface area contributed by atoms with Gasteiger partial charge in [-0.15, -0.1) is 0 Å². The van der Waals surface area contributed by atoms with Crippen LogP contribution in [0.2, 0.25) is 0 Å². The largest absolute Gasteiger partial charge is 0.391 e. The zero-order valence-electron chi connectivity index (χ0n) is 10.9. The van der Waals surface area contributed by atoms with Crippen molar-refractivity contribution in [3.8, 4) is 0 Å². The van der Waals surface area contributed by atoms with Crippen LogP contribution in [0, 0.1) is 23.7 Å². The fourth-order valence-electron chi connectivity index (χ4n) is 3.81. The van der Waals surface area contributed by atoms with Crippen LogP contribution in [0.15, 0.2) is 0 Å². The Morgan fingerprint density at radius 1 is 0.947 bits per heavy atom. The predicted molar refractivity (Wildman–Crippen MR) is 64.3 cm³/mol. The molecule has 0 spiro atoms. The van der Waals surface area contributed by atoms with Crippen molar-refractivity contribution in [3.63, 3.8) is 0 Å². The Morgan fingerprint density at radius 3 is 2.05 bits per heavy atom. The first-order chi connectivity index (χ1) is 8.93. The van der Waals surface area contributed by atoms with Crippen LogP contribution in [0.5, 0.6) is 0 Å². The molecular weight excluding hydrogens is 255 g/mol. The number of nitrogens with one attached hydrogen (secondary N) is 1. The Bertz CT molecular complexity index is 350. The van der Waals surface area contributed by atoms with E-state index in [1.54, 1.807) is 0 Å². The molecule has 19 heavy (non-hydrogen) atoms. The smallest absolute Gasteiger partial charge is 0.353 e. The van der Waals surface area contributed by atoms with Crippen LogP contribution in [0.1, 0.15) is 44.9 Å². The molecule has 2 unspecified atom stereocenters. The molecule has 0 aromatic carbocycles. The molecule has 0 heterocycles. The third-order valence-corrected chi connectivity index (χ3v) is 5.15. The highest BCUT2D eigenvalue weighted by atomic mass is 19.4. The minimum atomic E-state index is -4.07. The van der Waals surface area contributed by atoms with E-state index in [1.165, 1.54) is 6.42 Å². The summed E-state index contributed by atoms with van der Waals surface area (Å²) >= 11 is 0. The molecule has 3 rings (SSSR count). The summed E-state index contributed by atoms with van der Waals surface area (Å²) in [6.07, 6.45) is 0.449. The number of hydrogen-bond acceptors (Lipinski definition) is 1. The Hall–Kier alpha value is -0.740. The highest BCUT2D eigenvalue weighted by molar-refractivity contribution is 5.79. The second-order valence-corrected chi connectivity index (χ2v) is 6.52. The highest BCUT2D eigenvalue weighted by Crippen LogP contribution is 2.54. The Morgan fingerprint density at radius 2 is 1.53 bits per heavy atom. The summed E-state index contributed by atoms with van der Waals surface area (Å²) in [6, 6.07) is -0.0389. The van der Waals surface area contributed by atoms with E-state index < -0.39 is 12.1 Å². The number of carbonyl (C=O) groups excluding carboxylic acids is 1. The number of fused-ring (bicyclic) bond motifs is 1. The second-order valence-electron chi connectivity index (χ2n) is 6.52. The van der Waals surface area contributed by atoms with Crippen molar-refractivity contribution in [1.29, 1.82) is 0 Å². The highest BCUT2D eigenvalue weighted by Gasteiger charge is 2.48. The first-order valence-electron chi connectivity index (χ1n) is 7.30. The topological polar surface area (TPSA) is 29.1 Å². The van der Waals surface area contributed by atoms with Crippen molar-refractivity contribution in [3.05, 3.63) is 0 Å². The Labute approximate surface area is 111 Å². The third kappa shape index (κ3) is 2.90. The molecule has 3 aliphatic rings. The van der Waals surface area contributed by atoms with E-state index in [0.29, 0.717) is 12.8 Å². The van der Waals surface area contributed by atoms with E-state index in [4.69, 9.17) is 0 Å². The zero-order valence-corrected chi connectivity index (χ0v) is 10.9. The van der Waals surface area contributed by atoms with Gasteiger partial charge >= 0.3 is 6.18 Å². The summed E-state index contributed by atoms with van der Waals surface area (Å²) in [6.45, 7) is 0. The summed E-state index contributed by atoms with van der Waals surface area (Å²) in [5, 5.41) is 2.97. The summed E-state index contributed by atoms with van der Waals surface area (Å²) < 4.78 is 37.6. The van der Waals surface area contributed by atoms with Gasteiger partial charge < -0.3 is 5.32 Å². The molecule has 1 N–H and O–H groups in total. The maximum Gasteiger partial charge on any atom is 0.391 e. The molecule has 2 nitrogen and oxygen atoms in total. The number of alkyl halides is 3. The lowest BCUT2D eigenvalue weighted by Crippen LogP contribution is -2.42. The van der Waals surface area contributed by atoms with Gasteiger partial charge in [0, 0.05) is 12.0 Å². The van der Waals surface area contributed by atoms with Crippen molar-refractivity contribution in [2.45, 2.75) is 57.2 Å². The maximum absolute atomic E-state index is 12.5. The molecule has 0 aromatic heterocycles. The van der Waals surface area contributed by atoms with E-state index in [-0.39, 0.29) is 30.7 Å². The monoisotopic (exact) mass is 275 g/mol. The summed E-state index contributed by atoms with van der Waals surface area (Å²) in [5.41, 5.74) is 0. The minimum Gasteiger partial charge on any atom is -0.353 e. The van der Waals surface area contributed by atoms with E-state index in [0.717, 1.165) is 24.7 Å². The number of halogens is 3. The SMILES string of the molecule is O=C(NC1CCC(C(F)(F)F)CC1)C1CC2CC2C1. The Balaban J connectivity index is 1.43. The fraction of sp³-hybridized carbons (Fsp3) is 0.929. The molecule has 0 bridgehead atoms. The molecule has 5 heteroatoms. The predicted octanol–water partition coefficient (Wildman–Crippen LogP) is 3.27. The Kier molecular flexibility index (Phi) is 3.26. The van der Waals surface area contributed by atoms with Gasteiger partial charge in [-0.05, 0) is 56.8 Å². The third-order valence-electron chi connectivity index (χ3n) is 5.15. The van der Waals surface area contributed by atoms with Gasteiger partial charge in [0.2, 0.25) is 5.91 Å². The van der Waals surface area contributed by atoms with Gasteiger partial charge in [-0.1, -0.05) is 0 Å². The molecule has 108 valence electrons. The van der Waals surface area contributed by atoms with Crippen molar-refractivity contribution in [2.24, 2.45) is 23.7 Å². The number of carbonyl (C=O) groups is 1. The van der Waals surface area contributed by atoms with E-state index in [1.807, 2.05) is 0 Å². The summed E-state index contributed by atoms with van der Waals surface area (Å²) in [5.74, 6) is 0.569. The number of rotatable bonds is 2. The molecule has 0 aliphatic heterocycles. The average molecular weight is 275 g/mol. The molecule has 3 saturated carbocycles. The summed E-state index contributed by atoms with van der Waals surface area (Å²) in [4.78, 5) is 12.0. The van der Waals surface area contributed by atoms with Crippen LogP contribution in [0.25, 0.3) is 0 Å². The molecule has 3 aliphatic carbocycles. The van der Waals surface area contributed by atoms with Crippen molar-refractivity contribution in [1.82, 2.24) is 5.32 Å². The van der Waals surface area contributed by atoms with Crippen LogP contribution in [0.3, 0.4) is 0 Å². The minimum absolute atomic E-state index is 0.0389. The van der Waals surface area contributed by atoms with E-state index >= 15 is 0 Å². The molecule has 0 aromatic rings. The summed E-state index contributed by atoms with van der Waals surface area (Å²) in [7, 11) is 0. The van der Waals surface area contributed by atoms with E-state index in [9.17, 15) is 18.0 Å². The van der Waals surface area contributed by atoms with Crippen LogP contribution in [-0.2, 0) is 4.79 Å².